The summed E-state index contributed by atoms with van der Waals surface area (Å²) in [5.41, 5.74) is 4.57. The molecular formula is C24H22N4O3S. The summed E-state index contributed by atoms with van der Waals surface area (Å²) in [7, 11) is 0. The third-order valence-corrected chi connectivity index (χ3v) is 5.89. The van der Waals surface area contributed by atoms with E-state index in [2.05, 4.69) is 15.3 Å². The van der Waals surface area contributed by atoms with Gasteiger partial charge in [0.1, 0.15) is 5.52 Å². The molecule has 32 heavy (non-hydrogen) atoms. The average molecular weight is 447 g/mol. The van der Waals surface area contributed by atoms with Crippen LogP contribution >= 0.6 is 11.8 Å². The third-order valence-electron chi connectivity index (χ3n) is 4.96. The molecule has 0 aliphatic carbocycles. The van der Waals surface area contributed by atoms with Gasteiger partial charge in [0.15, 0.2) is 10.9 Å². The van der Waals surface area contributed by atoms with Crippen molar-refractivity contribution in [3.05, 3.63) is 81.8 Å². The lowest BCUT2D eigenvalue weighted by molar-refractivity contribution is -0.113. The number of H-pyrrole nitrogens is 1. The molecule has 0 atom stereocenters. The monoisotopic (exact) mass is 446 g/mol. The number of ketones is 1. The number of thioether (sulfide) groups is 1. The molecule has 0 aliphatic heterocycles. The number of rotatable bonds is 6. The second kappa shape index (κ2) is 8.84. The van der Waals surface area contributed by atoms with E-state index in [1.165, 1.54) is 23.3 Å². The number of hydrogen-bond acceptors (Lipinski definition) is 5. The number of aromatic nitrogens is 3. The summed E-state index contributed by atoms with van der Waals surface area (Å²) in [6, 6.07) is 16.1. The van der Waals surface area contributed by atoms with Gasteiger partial charge in [-0.1, -0.05) is 29.5 Å². The normalized spacial score (nSPS) is 11.0. The Hall–Kier alpha value is -3.65. The number of carbonyl (C=O) groups is 2. The van der Waals surface area contributed by atoms with Crippen LogP contribution in [-0.2, 0) is 4.79 Å². The van der Waals surface area contributed by atoms with E-state index >= 15 is 0 Å². The van der Waals surface area contributed by atoms with Crippen molar-refractivity contribution < 1.29 is 9.59 Å². The van der Waals surface area contributed by atoms with Gasteiger partial charge in [0.05, 0.1) is 17.0 Å². The molecule has 7 nitrogen and oxygen atoms in total. The van der Waals surface area contributed by atoms with Crippen molar-refractivity contribution in [2.45, 2.75) is 25.9 Å². The number of Topliss-reactive ketones (excluding diaryl/α,β-unsaturated/α-hetero) is 1. The molecule has 2 N–H and O–H groups in total. The lowest BCUT2D eigenvalue weighted by atomic mass is 10.1. The zero-order valence-electron chi connectivity index (χ0n) is 17.9. The molecule has 1 amide bonds. The van der Waals surface area contributed by atoms with Crippen LogP contribution in [0.3, 0.4) is 0 Å². The Labute approximate surface area is 188 Å². The van der Waals surface area contributed by atoms with Crippen molar-refractivity contribution in [2.24, 2.45) is 0 Å². The molecule has 0 bridgehead atoms. The van der Waals surface area contributed by atoms with Crippen molar-refractivity contribution >= 4 is 40.2 Å². The zero-order chi connectivity index (χ0) is 22.8. The Morgan fingerprint density at radius 2 is 1.75 bits per heavy atom. The number of carbonyl (C=O) groups excluding carboxylic acids is 2. The molecule has 0 unspecified atom stereocenters. The number of aromatic amines is 1. The molecule has 4 rings (SSSR count). The van der Waals surface area contributed by atoms with Gasteiger partial charge in [-0.15, -0.1) is 0 Å². The van der Waals surface area contributed by atoms with Crippen LogP contribution in [0.2, 0.25) is 0 Å². The Balaban J connectivity index is 1.61. The minimum Gasteiger partial charge on any atom is -0.353 e. The van der Waals surface area contributed by atoms with E-state index in [1.807, 2.05) is 44.2 Å². The second-order valence-corrected chi connectivity index (χ2v) is 8.50. The van der Waals surface area contributed by atoms with E-state index in [-0.39, 0.29) is 23.0 Å². The fourth-order valence-electron chi connectivity index (χ4n) is 3.31. The van der Waals surface area contributed by atoms with Gasteiger partial charge < -0.3 is 10.3 Å². The summed E-state index contributed by atoms with van der Waals surface area (Å²) in [6.07, 6.45) is 0. The van der Waals surface area contributed by atoms with Gasteiger partial charge in [-0.05, 0) is 63.2 Å². The number of nitrogens with one attached hydrogen (secondary N) is 2. The first-order valence-corrected chi connectivity index (χ1v) is 11.0. The predicted octanol–water partition coefficient (Wildman–Crippen LogP) is 4.26. The molecule has 162 valence electrons. The number of amides is 1. The average Bonchev–Trinajstić information content (AvgIpc) is 3.14. The fraction of sp³-hybridized carbons (Fsp3) is 0.167. The molecule has 0 fully saturated rings. The van der Waals surface area contributed by atoms with Gasteiger partial charge in [-0.2, -0.15) is 0 Å². The Kier molecular flexibility index (Phi) is 5.96. The van der Waals surface area contributed by atoms with E-state index < -0.39 is 0 Å². The summed E-state index contributed by atoms with van der Waals surface area (Å²) in [6.45, 7) is 5.34. The Bertz CT molecular complexity index is 1370. The molecular weight excluding hydrogens is 424 g/mol. The molecule has 8 heteroatoms. The van der Waals surface area contributed by atoms with E-state index in [1.54, 1.807) is 24.3 Å². The van der Waals surface area contributed by atoms with E-state index in [4.69, 9.17) is 0 Å². The highest BCUT2D eigenvalue weighted by molar-refractivity contribution is 7.99. The molecule has 4 aromatic rings. The van der Waals surface area contributed by atoms with Crippen LogP contribution < -0.4 is 10.9 Å². The van der Waals surface area contributed by atoms with Crippen LogP contribution in [0, 0.1) is 13.8 Å². The maximum atomic E-state index is 13.2. The van der Waals surface area contributed by atoms with Crippen LogP contribution in [0.15, 0.2) is 64.5 Å². The molecule has 2 aromatic heterocycles. The second-order valence-electron chi connectivity index (χ2n) is 7.55. The van der Waals surface area contributed by atoms with Crippen molar-refractivity contribution in [3.8, 4) is 5.69 Å². The van der Waals surface area contributed by atoms with E-state index in [0.29, 0.717) is 33.1 Å². The van der Waals surface area contributed by atoms with Gasteiger partial charge in [0.25, 0.3) is 5.56 Å². The highest BCUT2D eigenvalue weighted by atomic mass is 32.2. The number of benzene rings is 2. The minimum atomic E-state index is -0.236. The van der Waals surface area contributed by atoms with Crippen LogP contribution in [0.25, 0.3) is 16.7 Å². The summed E-state index contributed by atoms with van der Waals surface area (Å²) in [4.78, 5) is 44.9. The van der Waals surface area contributed by atoms with Crippen LogP contribution in [0.4, 0.5) is 5.69 Å². The largest absolute Gasteiger partial charge is 0.353 e. The molecule has 2 heterocycles. The Morgan fingerprint density at radius 1 is 1.06 bits per heavy atom. The predicted molar refractivity (Wildman–Crippen MR) is 127 cm³/mol. The first-order valence-electron chi connectivity index (χ1n) is 10.0. The molecule has 2 aromatic carbocycles. The standard InChI is InChI=1S/C24H22N4O3S/c1-14-4-10-19(11-5-14)28-23(31)22-20(12-15(2)25-22)27-24(28)32-13-21(30)26-18-8-6-17(7-9-18)16(3)29/h4-12,25H,13H2,1-3H3,(H,26,30). The van der Waals surface area contributed by atoms with Crippen LogP contribution in [0.5, 0.6) is 0 Å². The smallest absolute Gasteiger partial charge is 0.283 e. The van der Waals surface area contributed by atoms with E-state index in [0.717, 1.165) is 11.3 Å². The third kappa shape index (κ3) is 4.50. The number of hydrogen-bond donors (Lipinski definition) is 2. The number of aryl methyl sites for hydroxylation is 2. The van der Waals surface area contributed by atoms with Crippen molar-refractivity contribution in [1.29, 1.82) is 0 Å². The van der Waals surface area contributed by atoms with Crippen molar-refractivity contribution in [2.75, 3.05) is 11.1 Å². The highest BCUT2D eigenvalue weighted by Crippen LogP contribution is 2.22. The number of anilines is 1. The maximum Gasteiger partial charge on any atom is 0.283 e. The highest BCUT2D eigenvalue weighted by Gasteiger charge is 2.16. The molecule has 0 saturated heterocycles. The first-order chi connectivity index (χ1) is 15.3. The molecule has 0 aliphatic rings. The van der Waals surface area contributed by atoms with Crippen molar-refractivity contribution in [1.82, 2.24) is 14.5 Å². The SMILES string of the molecule is CC(=O)c1ccc(NC(=O)CSc2nc3cc(C)[nH]c3c(=O)n2-c2ccc(C)cc2)cc1. The number of fused-ring (bicyclic) bond motifs is 1. The van der Waals surface area contributed by atoms with Gasteiger partial charge in [-0.25, -0.2) is 4.98 Å². The number of nitrogens with zero attached hydrogens (tertiary/aromatic N) is 2. The lowest BCUT2D eigenvalue weighted by Crippen LogP contribution is -2.23. The van der Waals surface area contributed by atoms with Crippen LogP contribution in [0.1, 0.15) is 28.5 Å². The summed E-state index contributed by atoms with van der Waals surface area (Å²) in [5, 5.41) is 3.25. The first kappa shape index (κ1) is 21.6. The van der Waals surface area contributed by atoms with Gasteiger partial charge in [0.2, 0.25) is 5.91 Å². The molecule has 0 spiro atoms. The quantitative estimate of drug-likeness (QED) is 0.262. The topological polar surface area (TPSA) is 96.8 Å². The Morgan fingerprint density at radius 3 is 2.41 bits per heavy atom. The summed E-state index contributed by atoms with van der Waals surface area (Å²) in [5.74, 6) is -0.198. The fourth-order valence-corrected chi connectivity index (χ4v) is 4.12. The van der Waals surface area contributed by atoms with Crippen molar-refractivity contribution in [3.63, 3.8) is 0 Å². The lowest BCUT2D eigenvalue weighted by Gasteiger charge is -2.12. The minimum absolute atomic E-state index is 0.0334. The van der Waals surface area contributed by atoms with E-state index in [9.17, 15) is 14.4 Å². The van der Waals surface area contributed by atoms with Gasteiger partial charge in [0, 0.05) is 16.9 Å². The maximum absolute atomic E-state index is 13.2. The summed E-state index contributed by atoms with van der Waals surface area (Å²) < 4.78 is 1.53. The van der Waals surface area contributed by atoms with Gasteiger partial charge >= 0.3 is 0 Å². The zero-order valence-corrected chi connectivity index (χ0v) is 18.7. The summed E-state index contributed by atoms with van der Waals surface area (Å²) >= 11 is 1.19. The molecule has 0 radical (unpaired) electrons. The molecule has 0 saturated carbocycles. The van der Waals surface area contributed by atoms with Gasteiger partial charge in [-0.3, -0.25) is 19.0 Å². The van der Waals surface area contributed by atoms with Crippen LogP contribution in [-0.4, -0.2) is 32.0 Å².